The predicted octanol–water partition coefficient (Wildman–Crippen LogP) is 2.76. The van der Waals surface area contributed by atoms with Gasteiger partial charge in [0.05, 0.1) is 0 Å². The van der Waals surface area contributed by atoms with Crippen LogP contribution in [0.15, 0.2) is 61.2 Å². The number of rotatable bonds is 6. The first-order chi connectivity index (χ1) is 8.20. The van der Waals surface area contributed by atoms with Gasteiger partial charge in [-0.15, -0.1) is 0 Å². The molecule has 0 saturated carbocycles. The van der Waals surface area contributed by atoms with Crippen LogP contribution in [0.25, 0.3) is 5.57 Å². The summed E-state index contributed by atoms with van der Waals surface area (Å²) in [6.07, 6.45) is 3.53. The van der Waals surface area contributed by atoms with Gasteiger partial charge in [-0.05, 0) is 17.6 Å². The average molecular weight is 228 g/mol. The van der Waals surface area contributed by atoms with Crippen LogP contribution in [0.1, 0.15) is 12.0 Å². The summed E-state index contributed by atoms with van der Waals surface area (Å²) in [6.45, 7) is 7.23. The molecule has 0 radical (unpaired) electrons. The number of ketones is 1. The molecule has 0 aliphatic carbocycles. The first-order valence-corrected chi connectivity index (χ1v) is 5.42. The SMILES string of the molecule is C=C/C=C(/C(=O)C(=C)CCO)c1ccccc1. The third-order valence-electron chi connectivity index (χ3n) is 2.35. The minimum atomic E-state index is -0.148. The van der Waals surface area contributed by atoms with Crippen molar-refractivity contribution < 1.29 is 9.90 Å². The number of carbonyl (C=O) groups is 1. The van der Waals surface area contributed by atoms with Gasteiger partial charge in [-0.25, -0.2) is 0 Å². The van der Waals surface area contributed by atoms with E-state index in [1.54, 1.807) is 12.2 Å². The lowest BCUT2D eigenvalue weighted by atomic mass is 9.96. The second-order valence-corrected chi connectivity index (χ2v) is 3.59. The van der Waals surface area contributed by atoms with Crippen molar-refractivity contribution in [2.24, 2.45) is 0 Å². The maximum absolute atomic E-state index is 12.1. The fourth-order valence-corrected chi connectivity index (χ4v) is 1.48. The summed E-state index contributed by atoms with van der Waals surface area (Å²) in [5.41, 5.74) is 1.79. The highest BCUT2D eigenvalue weighted by atomic mass is 16.3. The van der Waals surface area contributed by atoms with Crippen LogP contribution in [-0.2, 0) is 4.79 Å². The van der Waals surface area contributed by atoms with Crippen LogP contribution in [0.3, 0.4) is 0 Å². The summed E-state index contributed by atoms with van der Waals surface area (Å²) < 4.78 is 0. The summed E-state index contributed by atoms with van der Waals surface area (Å²) >= 11 is 0. The molecular weight excluding hydrogens is 212 g/mol. The van der Waals surface area contributed by atoms with Crippen molar-refractivity contribution in [3.63, 3.8) is 0 Å². The summed E-state index contributed by atoms with van der Waals surface area (Å²) in [5.74, 6) is -0.148. The lowest BCUT2D eigenvalue weighted by Gasteiger charge is -2.07. The van der Waals surface area contributed by atoms with Gasteiger partial charge in [0.1, 0.15) is 0 Å². The molecule has 0 spiro atoms. The van der Waals surface area contributed by atoms with Crippen LogP contribution in [0.4, 0.5) is 0 Å². The van der Waals surface area contributed by atoms with Crippen LogP contribution >= 0.6 is 0 Å². The molecule has 0 unspecified atom stereocenters. The van der Waals surface area contributed by atoms with E-state index in [0.717, 1.165) is 5.56 Å². The Hall–Kier alpha value is -1.93. The summed E-state index contributed by atoms with van der Waals surface area (Å²) in [6, 6.07) is 9.35. The molecule has 1 N–H and O–H groups in total. The van der Waals surface area contributed by atoms with Crippen molar-refractivity contribution in [3.05, 3.63) is 66.8 Å². The molecule has 88 valence electrons. The molecule has 0 amide bonds. The van der Waals surface area contributed by atoms with E-state index in [9.17, 15) is 4.79 Å². The van der Waals surface area contributed by atoms with Gasteiger partial charge in [0, 0.05) is 12.2 Å². The van der Waals surface area contributed by atoms with Gasteiger partial charge in [-0.2, -0.15) is 0 Å². The maximum atomic E-state index is 12.1. The molecule has 17 heavy (non-hydrogen) atoms. The number of carbonyl (C=O) groups excluding carboxylic acids is 1. The van der Waals surface area contributed by atoms with Crippen LogP contribution < -0.4 is 0 Å². The van der Waals surface area contributed by atoms with Gasteiger partial charge >= 0.3 is 0 Å². The average Bonchev–Trinajstić information content (AvgIpc) is 2.36. The molecule has 0 bridgehead atoms. The number of benzene rings is 1. The number of aliphatic hydroxyl groups excluding tert-OH is 1. The fraction of sp³-hybridized carbons (Fsp3) is 0.133. The van der Waals surface area contributed by atoms with E-state index < -0.39 is 0 Å². The van der Waals surface area contributed by atoms with Gasteiger partial charge in [-0.1, -0.05) is 55.6 Å². The molecule has 1 aromatic carbocycles. The molecule has 0 aliphatic rings. The Kier molecular flexibility index (Phi) is 5.11. The van der Waals surface area contributed by atoms with Crippen molar-refractivity contribution in [2.45, 2.75) is 6.42 Å². The zero-order chi connectivity index (χ0) is 12.7. The first kappa shape index (κ1) is 13.1. The van der Waals surface area contributed by atoms with Crippen LogP contribution in [0.2, 0.25) is 0 Å². The lowest BCUT2D eigenvalue weighted by Crippen LogP contribution is -2.06. The molecule has 2 nitrogen and oxygen atoms in total. The van der Waals surface area contributed by atoms with E-state index in [2.05, 4.69) is 13.2 Å². The van der Waals surface area contributed by atoms with E-state index in [4.69, 9.17) is 5.11 Å². The largest absolute Gasteiger partial charge is 0.396 e. The van der Waals surface area contributed by atoms with Crippen molar-refractivity contribution in [2.75, 3.05) is 6.61 Å². The van der Waals surface area contributed by atoms with Gasteiger partial charge < -0.3 is 5.11 Å². The van der Waals surface area contributed by atoms with Gasteiger partial charge in [-0.3, -0.25) is 4.79 Å². The molecule has 0 fully saturated rings. The van der Waals surface area contributed by atoms with E-state index >= 15 is 0 Å². The highest BCUT2D eigenvalue weighted by Gasteiger charge is 2.13. The normalized spacial score (nSPS) is 11.0. The fourth-order valence-electron chi connectivity index (χ4n) is 1.48. The Balaban J connectivity index is 3.04. The Bertz CT molecular complexity index is 441. The lowest BCUT2D eigenvalue weighted by molar-refractivity contribution is -0.110. The van der Waals surface area contributed by atoms with Gasteiger partial charge in [0.2, 0.25) is 0 Å². The Morgan fingerprint density at radius 2 is 1.94 bits per heavy atom. The first-order valence-electron chi connectivity index (χ1n) is 5.42. The van der Waals surface area contributed by atoms with Crippen LogP contribution in [0, 0.1) is 0 Å². The molecule has 0 aromatic heterocycles. The molecule has 0 saturated heterocycles. The molecule has 1 aromatic rings. The minimum absolute atomic E-state index is 0.0687. The third-order valence-corrected chi connectivity index (χ3v) is 2.35. The number of hydrogen-bond donors (Lipinski definition) is 1. The Morgan fingerprint density at radius 1 is 1.29 bits per heavy atom. The number of aliphatic hydroxyl groups is 1. The minimum Gasteiger partial charge on any atom is -0.396 e. The molecule has 0 atom stereocenters. The van der Waals surface area contributed by atoms with E-state index in [1.807, 2.05) is 30.3 Å². The van der Waals surface area contributed by atoms with E-state index in [0.29, 0.717) is 17.6 Å². The molecule has 0 aliphatic heterocycles. The Morgan fingerprint density at radius 3 is 2.47 bits per heavy atom. The Labute approximate surface area is 102 Å². The van der Waals surface area contributed by atoms with Crippen molar-refractivity contribution in [1.82, 2.24) is 0 Å². The zero-order valence-corrected chi connectivity index (χ0v) is 9.73. The van der Waals surface area contributed by atoms with Gasteiger partial charge in [0.25, 0.3) is 0 Å². The zero-order valence-electron chi connectivity index (χ0n) is 9.73. The van der Waals surface area contributed by atoms with Gasteiger partial charge in [0.15, 0.2) is 5.78 Å². The van der Waals surface area contributed by atoms with Crippen molar-refractivity contribution >= 4 is 11.4 Å². The van der Waals surface area contributed by atoms with Crippen LogP contribution in [-0.4, -0.2) is 17.5 Å². The number of Topliss-reactive ketones (excluding diaryl/α,β-unsaturated/α-hetero) is 1. The quantitative estimate of drug-likeness (QED) is 0.600. The van der Waals surface area contributed by atoms with Crippen LogP contribution in [0.5, 0.6) is 0 Å². The smallest absolute Gasteiger partial charge is 0.189 e. The summed E-state index contributed by atoms with van der Waals surface area (Å²) in [7, 11) is 0. The topological polar surface area (TPSA) is 37.3 Å². The monoisotopic (exact) mass is 228 g/mol. The summed E-state index contributed by atoms with van der Waals surface area (Å²) in [4.78, 5) is 12.1. The number of hydrogen-bond acceptors (Lipinski definition) is 2. The standard InChI is InChI=1S/C15H16O2/c1-3-7-14(13-8-5-4-6-9-13)15(17)12(2)10-11-16/h3-9,16H,1-2,10-11H2/b14-7+. The second kappa shape index (κ2) is 6.61. The van der Waals surface area contributed by atoms with Crippen molar-refractivity contribution in [3.8, 4) is 0 Å². The molecular formula is C15H16O2. The van der Waals surface area contributed by atoms with Crippen molar-refractivity contribution in [1.29, 1.82) is 0 Å². The second-order valence-electron chi connectivity index (χ2n) is 3.59. The van der Waals surface area contributed by atoms with E-state index in [-0.39, 0.29) is 12.4 Å². The molecule has 0 heterocycles. The predicted molar refractivity (Wildman–Crippen MR) is 70.5 cm³/mol. The maximum Gasteiger partial charge on any atom is 0.189 e. The van der Waals surface area contributed by atoms with E-state index in [1.165, 1.54) is 0 Å². The highest BCUT2D eigenvalue weighted by Crippen LogP contribution is 2.19. The summed E-state index contributed by atoms with van der Waals surface area (Å²) in [5, 5.41) is 8.82. The molecule has 1 rings (SSSR count). The third kappa shape index (κ3) is 3.54. The molecule has 2 heteroatoms. The highest BCUT2D eigenvalue weighted by molar-refractivity contribution is 6.28. The number of allylic oxidation sites excluding steroid dienone is 3.